The molecule has 34 heavy (non-hydrogen) atoms. The summed E-state index contributed by atoms with van der Waals surface area (Å²) in [7, 11) is 0. The number of nitrogens with zero attached hydrogens (tertiary/aromatic N) is 3. The zero-order valence-corrected chi connectivity index (χ0v) is 18.5. The van der Waals surface area contributed by atoms with Crippen LogP contribution in [0.4, 0.5) is 17.2 Å². The molecule has 0 spiro atoms. The third-order valence-corrected chi connectivity index (χ3v) is 6.37. The van der Waals surface area contributed by atoms with Crippen LogP contribution in [0.25, 0.3) is 11.3 Å². The summed E-state index contributed by atoms with van der Waals surface area (Å²) in [5.74, 6) is 0.101. The molecule has 1 aliphatic carbocycles. The number of fused-ring (bicyclic) bond motifs is 1. The highest BCUT2D eigenvalue weighted by molar-refractivity contribution is 6.02. The Morgan fingerprint density at radius 1 is 0.941 bits per heavy atom. The average molecular weight is 459 g/mol. The number of H-pyrrole nitrogens is 1. The zero-order valence-electron chi connectivity index (χ0n) is 18.5. The van der Waals surface area contributed by atoms with E-state index in [9.17, 15) is 25.0 Å². The van der Waals surface area contributed by atoms with Gasteiger partial charge in [-0.25, -0.2) is 0 Å². The lowest BCUT2D eigenvalue weighted by atomic mass is 9.69. The molecule has 1 aliphatic heterocycles. The fourth-order valence-corrected chi connectivity index (χ4v) is 4.89. The van der Waals surface area contributed by atoms with E-state index in [2.05, 4.69) is 15.5 Å². The minimum atomic E-state index is -0.486. The Bertz CT molecular complexity index is 1370. The predicted molar refractivity (Wildman–Crippen MR) is 124 cm³/mol. The number of anilines is 1. The Hall–Kier alpha value is -4.34. The van der Waals surface area contributed by atoms with Gasteiger partial charge in [-0.05, 0) is 29.5 Å². The van der Waals surface area contributed by atoms with Gasteiger partial charge in [0.2, 0.25) is 0 Å². The lowest BCUT2D eigenvalue weighted by molar-refractivity contribution is -0.385. The fraction of sp³-hybridized carbons (Fsp3) is 0.250. The lowest BCUT2D eigenvalue weighted by Gasteiger charge is -2.38. The van der Waals surface area contributed by atoms with Crippen LogP contribution in [-0.2, 0) is 4.79 Å². The normalized spacial score (nSPS) is 18.6. The number of hydrogen-bond donors (Lipinski definition) is 2. The molecule has 0 saturated heterocycles. The van der Waals surface area contributed by atoms with Gasteiger partial charge in [-0.1, -0.05) is 26.0 Å². The smallest absolute Gasteiger partial charge is 0.269 e. The van der Waals surface area contributed by atoms with Gasteiger partial charge >= 0.3 is 0 Å². The van der Waals surface area contributed by atoms with Crippen molar-refractivity contribution in [2.24, 2.45) is 5.41 Å². The van der Waals surface area contributed by atoms with Crippen molar-refractivity contribution >= 4 is 23.0 Å². The summed E-state index contributed by atoms with van der Waals surface area (Å²) in [6.45, 7) is 4.08. The van der Waals surface area contributed by atoms with Crippen molar-refractivity contribution in [3.63, 3.8) is 0 Å². The number of hydrogen-bond acceptors (Lipinski definition) is 7. The molecule has 3 aromatic rings. The summed E-state index contributed by atoms with van der Waals surface area (Å²) in [6.07, 6.45) is 1.05. The van der Waals surface area contributed by atoms with Crippen molar-refractivity contribution in [2.45, 2.75) is 32.6 Å². The Labute approximate surface area is 194 Å². The number of Topliss-reactive ketones (excluding diaryl/α,β-unsaturated/α-hetero) is 1. The third kappa shape index (κ3) is 3.53. The molecule has 0 saturated carbocycles. The molecule has 5 rings (SSSR count). The van der Waals surface area contributed by atoms with Crippen LogP contribution in [0, 0.1) is 25.6 Å². The Kier molecular flexibility index (Phi) is 4.82. The number of carbonyl (C=O) groups excluding carboxylic acids is 1. The second kappa shape index (κ2) is 7.62. The Balaban J connectivity index is 1.69. The molecule has 0 amide bonds. The first-order chi connectivity index (χ1) is 16.1. The first-order valence-corrected chi connectivity index (χ1v) is 10.8. The van der Waals surface area contributed by atoms with Crippen LogP contribution in [0.15, 0.2) is 59.8 Å². The standard InChI is InChI=1S/C24H21N5O5/c1-24(2)11-17-20(18(30)12-24)19(13-3-7-15(8-4-13)28(31)32)21-22(26-27-23(21)25-17)14-5-9-16(10-6-14)29(33)34/h3-10,19H,11-12H2,1-2H3,(H2,25,26,27)/t19-/m1/s1. The van der Waals surface area contributed by atoms with Crippen LogP contribution >= 0.6 is 0 Å². The van der Waals surface area contributed by atoms with Gasteiger partial charge < -0.3 is 5.32 Å². The second-order valence-corrected chi connectivity index (χ2v) is 9.40. The lowest BCUT2D eigenvalue weighted by Crippen LogP contribution is -2.33. The number of carbonyl (C=O) groups is 1. The van der Waals surface area contributed by atoms with Crippen molar-refractivity contribution in [3.8, 4) is 11.3 Å². The monoisotopic (exact) mass is 459 g/mol. The van der Waals surface area contributed by atoms with Gasteiger partial charge in [0, 0.05) is 59.0 Å². The Morgan fingerprint density at radius 3 is 2.12 bits per heavy atom. The Morgan fingerprint density at radius 2 is 1.53 bits per heavy atom. The highest BCUT2D eigenvalue weighted by Gasteiger charge is 2.42. The number of rotatable bonds is 4. The molecule has 2 aliphatic rings. The van der Waals surface area contributed by atoms with E-state index in [1.165, 1.54) is 24.3 Å². The summed E-state index contributed by atoms with van der Waals surface area (Å²) in [4.78, 5) is 34.7. The van der Waals surface area contributed by atoms with Crippen molar-refractivity contribution in [2.75, 3.05) is 5.32 Å². The number of allylic oxidation sites excluding steroid dienone is 2. The number of non-ortho nitro benzene ring substituents is 2. The molecule has 1 atom stereocenters. The molecule has 0 bridgehead atoms. The number of ketones is 1. The van der Waals surface area contributed by atoms with Crippen LogP contribution in [0.5, 0.6) is 0 Å². The van der Waals surface area contributed by atoms with E-state index in [0.29, 0.717) is 35.5 Å². The maximum atomic E-state index is 13.4. The van der Waals surface area contributed by atoms with Crippen molar-refractivity contribution < 1.29 is 14.6 Å². The van der Waals surface area contributed by atoms with Crippen molar-refractivity contribution in [3.05, 3.63) is 91.2 Å². The van der Waals surface area contributed by atoms with E-state index in [1.807, 2.05) is 13.8 Å². The number of nitro benzene ring substituents is 2. The summed E-state index contributed by atoms with van der Waals surface area (Å²) in [5, 5.41) is 33.1. The minimum absolute atomic E-state index is 0.0172. The average Bonchev–Trinajstić information content (AvgIpc) is 3.20. The molecule has 10 nitrogen and oxygen atoms in total. The van der Waals surface area contributed by atoms with E-state index < -0.39 is 15.8 Å². The molecular formula is C24H21N5O5. The first-order valence-electron chi connectivity index (χ1n) is 10.8. The number of nitrogens with one attached hydrogen (secondary N) is 2. The summed E-state index contributed by atoms with van der Waals surface area (Å²) in [5.41, 5.74) is 3.93. The SMILES string of the molecule is CC1(C)CC(=O)C2=C(C1)Nc1n[nH]c(-c3ccc([N+](=O)[O-])cc3)c1[C@@H]2c1ccc([N+](=O)[O-])cc1. The first kappa shape index (κ1) is 21.5. The van der Waals surface area contributed by atoms with Gasteiger partial charge in [-0.2, -0.15) is 5.10 Å². The molecule has 2 N–H and O–H groups in total. The zero-order chi connectivity index (χ0) is 24.2. The number of benzene rings is 2. The van der Waals surface area contributed by atoms with Gasteiger partial charge in [-0.3, -0.25) is 30.1 Å². The minimum Gasteiger partial charge on any atom is -0.342 e. The molecule has 0 unspecified atom stereocenters. The number of aromatic nitrogens is 2. The summed E-state index contributed by atoms with van der Waals surface area (Å²) >= 11 is 0. The second-order valence-electron chi connectivity index (χ2n) is 9.40. The predicted octanol–water partition coefficient (Wildman–Crippen LogP) is 5.09. The van der Waals surface area contributed by atoms with Gasteiger partial charge in [0.05, 0.1) is 15.5 Å². The van der Waals surface area contributed by atoms with Crippen LogP contribution < -0.4 is 5.32 Å². The highest BCUT2D eigenvalue weighted by atomic mass is 16.6. The van der Waals surface area contributed by atoms with Crippen LogP contribution in [0.1, 0.15) is 43.7 Å². The summed E-state index contributed by atoms with van der Waals surface area (Å²) in [6, 6.07) is 12.3. The topological polar surface area (TPSA) is 144 Å². The quantitative estimate of drug-likeness (QED) is 0.408. The van der Waals surface area contributed by atoms with Gasteiger partial charge in [0.25, 0.3) is 11.4 Å². The molecular weight excluding hydrogens is 438 g/mol. The fourth-order valence-electron chi connectivity index (χ4n) is 4.89. The molecule has 1 aromatic heterocycles. The molecule has 0 radical (unpaired) electrons. The molecule has 10 heteroatoms. The summed E-state index contributed by atoms with van der Waals surface area (Å²) < 4.78 is 0. The maximum absolute atomic E-state index is 13.4. The van der Waals surface area contributed by atoms with E-state index in [0.717, 1.165) is 16.8 Å². The van der Waals surface area contributed by atoms with Crippen molar-refractivity contribution in [1.82, 2.24) is 10.2 Å². The van der Waals surface area contributed by atoms with Gasteiger partial charge in [0.1, 0.15) is 0 Å². The van der Waals surface area contributed by atoms with Gasteiger partial charge in [-0.15, -0.1) is 0 Å². The van der Waals surface area contributed by atoms with E-state index in [1.54, 1.807) is 24.3 Å². The van der Waals surface area contributed by atoms with Crippen LogP contribution in [-0.4, -0.2) is 25.8 Å². The van der Waals surface area contributed by atoms with E-state index in [4.69, 9.17) is 0 Å². The van der Waals surface area contributed by atoms with E-state index in [-0.39, 0.29) is 22.6 Å². The third-order valence-electron chi connectivity index (χ3n) is 6.37. The van der Waals surface area contributed by atoms with Crippen LogP contribution in [0.3, 0.4) is 0 Å². The highest BCUT2D eigenvalue weighted by Crippen LogP contribution is 2.51. The number of aromatic amines is 1. The molecule has 2 heterocycles. The largest absolute Gasteiger partial charge is 0.342 e. The van der Waals surface area contributed by atoms with Gasteiger partial charge in [0.15, 0.2) is 11.6 Å². The van der Waals surface area contributed by atoms with Crippen molar-refractivity contribution in [1.29, 1.82) is 0 Å². The number of nitro groups is 2. The molecule has 172 valence electrons. The molecule has 0 fully saturated rings. The van der Waals surface area contributed by atoms with Crippen LogP contribution in [0.2, 0.25) is 0 Å². The maximum Gasteiger partial charge on any atom is 0.269 e. The van der Waals surface area contributed by atoms with E-state index >= 15 is 0 Å². The molecule has 2 aromatic carbocycles.